The van der Waals surface area contributed by atoms with E-state index in [2.05, 4.69) is 10.3 Å². The molecule has 0 saturated heterocycles. The van der Waals surface area contributed by atoms with E-state index in [4.69, 9.17) is 14.2 Å². The molecule has 1 heterocycles. The van der Waals surface area contributed by atoms with Crippen molar-refractivity contribution in [3.63, 3.8) is 0 Å². The first-order valence-corrected chi connectivity index (χ1v) is 10.0. The lowest BCUT2D eigenvalue weighted by molar-refractivity contribution is -0.113. The fourth-order valence-corrected chi connectivity index (χ4v) is 3.45. The standard InChI is InChI=1S/C21H23N3O4S/c1-4-28-16-7-5-15(6-8-16)24-12-11-22-21(24)29-14-20(25)23-18-10-9-17(26-2)13-19(18)27-3/h5-13H,4,14H2,1-3H3,(H,23,25). The summed E-state index contributed by atoms with van der Waals surface area (Å²) in [7, 11) is 3.13. The topological polar surface area (TPSA) is 74.6 Å². The molecule has 0 atom stereocenters. The minimum Gasteiger partial charge on any atom is -0.497 e. The van der Waals surface area contributed by atoms with Crippen molar-refractivity contribution in [2.24, 2.45) is 0 Å². The van der Waals surface area contributed by atoms with Crippen molar-refractivity contribution in [3.05, 3.63) is 54.9 Å². The van der Waals surface area contributed by atoms with E-state index in [-0.39, 0.29) is 11.7 Å². The summed E-state index contributed by atoms with van der Waals surface area (Å²) in [5, 5.41) is 3.59. The molecule has 0 fully saturated rings. The zero-order valence-electron chi connectivity index (χ0n) is 16.5. The van der Waals surface area contributed by atoms with E-state index >= 15 is 0 Å². The van der Waals surface area contributed by atoms with Crippen LogP contribution in [0.2, 0.25) is 0 Å². The van der Waals surface area contributed by atoms with Gasteiger partial charge in [-0.1, -0.05) is 11.8 Å². The van der Waals surface area contributed by atoms with Gasteiger partial charge in [0.15, 0.2) is 5.16 Å². The Kier molecular flexibility index (Phi) is 7.02. The number of nitrogens with one attached hydrogen (secondary N) is 1. The van der Waals surface area contributed by atoms with Crippen LogP contribution >= 0.6 is 11.8 Å². The second-order valence-corrected chi connectivity index (χ2v) is 6.85. The van der Waals surface area contributed by atoms with Crippen LogP contribution in [0.25, 0.3) is 5.69 Å². The number of imidazole rings is 1. The Morgan fingerprint density at radius 3 is 2.55 bits per heavy atom. The lowest BCUT2D eigenvalue weighted by Crippen LogP contribution is -2.15. The van der Waals surface area contributed by atoms with Gasteiger partial charge in [-0.05, 0) is 43.3 Å². The highest BCUT2D eigenvalue weighted by Crippen LogP contribution is 2.29. The molecule has 0 bridgehead atoms. The van der Waals surface area contributed by atoms with Crippen molar-refractivity contribution in [2.45, 2.75) is 12.1 Å². The minimum atomic E-state index is -0.153. The van der Waals surface area contributed by atoms with Gasteiger partial charge in [-0.25, -0.2) is 4.98 Å². The van der Waals surface area contributed by atoms with Gasteiger partial charge in [-0.3, -0.25) is 9.36 Å². The zero-order valence-corrected chi connectivity index (χ0v) is 17.4. The fourth-order valence-electron chi connectivity index (χ4n) is 2.68. The van der Waals surface area contributed by atoms with Gasteiger partial charge >= 0.3 is 0 Å². The van der Waals surface area contributed by atoms with Crippen LogP contribution in [0.5, 0.6) is 17.2 Å². The molecule has 0 aliphatic heterocycles. The Labute approximate surface area is 174 Å². The SMILES string of the molecule is CCOc1ccc(-n2ccnc2SCC(=O)Nc2ccc(OC)cc2OC)cc1. The molecule has 0 aliphatic rings. The molecule has 0 radical (unpaired) electrons. The van der Waals surface area contributed by atoms with E-state index in [0.29, 0.717) is 23.8 Å². The number of benzene rings is 2. The second-order valence-electron chi connectivity index (χ2n) is 5.91. The number of anilines is 1. The molecule has 2 aromatic carbocycles. The lowest BCUT2D eigenvalue weighted by Gasteiger charge is -2.12. The van der Waals surface area contributed by atoms with Crippen LogP contribution in [0.15, 0.2) is 60.0 Å². The van der Waals surface area contributed by atoms with E-state index in [1.54, 1.807) is 38.6 Å². The van der Waals surface area contributed by atoms with Gasteiger partial charge in [0.2, 0.25) is 5.91 Å². The van der Waals surface area contributed by atoms with Crippen molar-refractivity contribution in [2.75, 3.05) is 31.9 Å². The maximum atomic E-state index is 12.4. The van der Waals surface area contributed by atoms with Crippen molar-refractivity contribution in [1.29, 1.82) is 0 Å². The molecule has 29 heavy (non-hydrogen) atoms. The van der Waals surface area contributed by atoms with Crippen LogP contribution in [0.4, 0.5) is 5.69 Å². The molecule has 3 rings (SSSR count). The first kappa shape index (κ1) is 20.6. The van der Waals surface area contributed by atoms with E-state index in [9.17, 15) is 4.79 Å². The van der Waals surface area contributed by atoms with Crippen molar-refractivity contribution < 1.29 is 19.0 Å². The largest absolute Gasteiger partial charge is 0.497 e. The molecule has 1 aromatic heterocycles. The molecule has 1 N–H and O–H groups in total. The van der Waals surface area contributed by atoms with Gasteiger partial charge in [-0.2, -0.15) is 0 Å². The van der Waals surface area contributed by atoms with Crippen LogP contribution in [-0.4, -0.2) is 42.0 Å². The summed E-state index contributed by atoms with van der Waals surface area (Å²) in [6.07, 6.45) is 3.58. The Bertz CT molecular complexity index is 957. The van der Waals surface area contributed by atoms with E-state index in [0.717, 1.165) is 16.6 Å². The van der Waals surface area contributed by atoms with Gasteiger partial charge in [0.1, 0.15) is 17.2 Å². The second kappa shape index (κ2) is 9.88. The van der Waals surface area contributed by atoms with Gasteiger partial charge in [0, 0.05) is 24.1 Å². The van der Waals surface area contributed by atoms with Crippen LogP contribution in [0.1, 0.15) is 6.92 Å². The van der Waals surface area contributed by atoms with Crippen LogP contribution in [0, 0.1) is 0 Å². The van der Waals surface area contributed by atoms with Gasteiger partial charge in [0.05, 0.1) is 32.3 Å². The number of thioether (sulfide) groups is 1. The maximum absolute atomic E-state index is 12.4. The van der Waals surface area contributed by atoms with E-state index < -0.39 is 0 Å². The third kappa shape index (κ3) is 5.23. The Hall–Kier alpha value is -3.13. The summed E-state index contributed by atoms with van der Waals surface area (Å²) in [6, 6.07) is 13.0. The van der Waals surface area contributed by atoms with Gasteiger partial charge in [-0.15, -0.1) is 0 Å². The summed E-state index contributed by atoms with van der Waals surface area (Å²) in [6.45, 7) is 2.57. The smallest absolute Gasteiger partial charge is 0.234 e. The van der Waals surface area contributed by atoms with Crippen molar-refractivity contribution >= 4 is 23.4 Å². The molecule has 7 nitrogen and oxygen atoms in total. The average molecular weight is 413 g/mol. The Morgan fingerprint density at radius 2 is 1.86 bits per heavy atom. The third-order valence-electron chi connectivity index (χ3n) is 4.05. The predicted octanol–water partition coefficient (Wildman–Crippen LogP) is 4.02. The van der Waals surface area contributed by atoms with E-state index in [1.807, 2.05) is 42.0 Å². The summed E-state index contributed by atoms with van der Waals surface area (Å²) in [5.41, 5.74) is 1.54. The van der Waals surface area contributed by atoms with Gasteiger partial charge < -0.3 is 19.5 Å². The van der Waals surface area contributed by atoms with Gasteiger partial charge in [0.25, 0.3) is 0 Å². The number of methoxy groups -OCH3 is 2. The Balaban J connectivity index is 1.64. The molecule has 0 saturated carbocycles. The molecule has 0 aliphatic carbocycles. The normalized spacial score (nSPS) is 10.4. The Morgan fingerprint density at radius 1 is 1.10 bits per heavy atom. The first-order valence-electron chi connectivity index (χ1n) is 9.06. The number of hydrogen-bond acceptors (Lipinski definition) is 6. The molecule has 152 valence electrons. The molecular formula is C21H23N3O4S. The predicted molar refractivity (Wildman–Crippen MR) is 114 cm³/mol. The summed E-state index contributed by atoms with van der Waals surface area (Å²) < 4.78 is 17.9. The van der Waals surface area contributed by atoms with E-state index in [1.165, 1.54) is 11.8 Å². The fraction of sp³-hybridized carbons (Fsp3) is 0.238. The van der Waals surface area contributed by atoms with Crippen molar-refractivity contribution in [1.82, 2.24) is 9.55 Å². The monoisotopic (exact) mass is 413 g/mol. The molecule has 3 aromatic rings. The molecule has 8 heteroatoms. The molecule has 0 unspecified atom stereocenters. The zero-order chi connectivity index (χ0) is 20.6. The summed E-state index contributed by atoms with van der Waals surface area (Å²) in [5.74, 6) is 2.08. The molecule has 0 spiro atoms. The molecule has 1 amide bonds. The summed E-state index contributed by atoms with van der Waals surface area (Å²) in [4.78, 5) is 16.8. The number of rotatable bonds is 9. The number of aromatic nitrogens is 2. The third-order valence-corrected chi connectivity index (χ3v) is 5.01. The highest BCUT2D eigenvalue weighted by atomic mass is 32.2. The number of nitrogens with zero attached hydrogens (tertiary/aromatic N) is 2. The van der Waals surface area contributed by atoms with Crippen molar-refractivity contribution in [3.8, 4) is 22.9 Å². The van der Waals surface area contributed by atoms with Crippen LogP contribution < -0.4 is 19.5 Å². The molecular weight excluding hydrogens is 390 g/mol. The van der Waals surface area contributed by atoms with Crippen LogP contribution in [-0.2, 0) is 4.79 Å². The highest BCUT2D eigenvalue weighted by Gasteiger charge is 2.12. The van der Waals surface area contributed by atoms with Crippen LogP contribution in [0.3, 0.4) is 0 Å². The first-order chi connectivity index (χ1) is 14.1. The number of ether oxygens (including phenoxy) is 3. The lowest BCUT2D eigenvalue weighted by atomic mass is 10.2. The number of amides is 1. The quantitative estimate of drug-likeness (QED) is 0.534. The number of hydrogen-bond donors (Lipinski definition) is 1. The average Bonchev–Trinajstić information content (AvgIpc) is 3.22. The number of carbonyl (C=O) groups is 1. The maximum Gasteiger partial charge on any atom is 0.234 e. The minimum absolute atomic E-state index is 0.153. The summed E-state index contributed by atoms with van der Waals surface area (Å²) >= 11 is 1.35. The number of carbonyl (C=O) groups excluding carboxylic acids is 1. The highest BCUT2D eigenvalue weighted by molar-refractivity contribution is 7.99.